The number of benzene rings is 1. The lowest BCUT2D eigenvalue weighted by Gasteiger charge is -2.25. The largest absolute Gasteiger partial charge is 0.347 e. The van der Waals surface area contributed by atoms with Crippen LogP contribution in [0.1, 0.15) is 23.3 Å². The summed E-state index contributed by atoms with van der Waals surface area (Å²) < 4.78 is 0. The quantitative estimate of drug-likeness (QED) is 0.841. The van der Waals surface area contributed by atoms with Gasteiger partial charge in [-0.05, 0) is 25.0 Å². The van der Waals surface area contributed by atoms with Crippen molar-refractivity contribution in [2.75, 3.05) is 20.6 Å². The highest BCUT2D eigenvalue weighted by atomic mass is 35.5. The molecule has 0 bridgehead atoms. The first-order valence-electron chi connectivity index (χ1n) is 7.71. The van der Waals surface area contributed by atoms with Crippen LogP contribution >= 0.6 is 22.9 Å². The normalized spacial score (nSPS) is 17.1. The number of carbonyl (C=O) groups excluding carboxylic acids is 2. The highest BCUT2D eigenvalue weighted by Crippen LogP contribution is 2.27. The van der Waals surface area contributed by atoms with Crippen molar-refractivity contribution in [3.63, 3.8) is 0 Å². The average Bonchev–Trinajstić information content (AvgIpc) is 3.23. The van der Waals surface area contributed by atoms with Gasteiger partial charge in [0.05, 0.1) is 0 Å². The van der Waals surface area contributed by atoms with E-state index in [4.69, 9.17) is 11.6 Å². The lowest BCUT2D eigenvalue weighted by atomic mass is 10.2. The van der Waals surface area contributed by atoms with E-state index in [1.807, 2.05) is 12.1 Å². The molecule has 0 N–H and O–H groups in total. The number of likely N-dealkylation sites (N-methyl/N-ethyl adjacent to an activating group) is 1. The van der Waals surface area contributed by atoms with Gasteiger partial charge in [0.25, 0.3) is 5.91 Å². The molecule has 1 aliphatic heterocycles. The smallest absolute Gasteiger partial charge is 0.274 e. The number of aromatic nitrogens is 1. The highest BCUT2D eigenvalue weighted by Gasteiger charge is 2.36. The minimum Gasteiger partial charge on any atom is -0.347 e. The minimum atomic E-state index is -0.381. The lowest BCUT2D eigenvalue weighted by molar-refractivity contribution is -0.132. The molecular formula is C17H18ClN3O2S. The summed E-state index contributed by atoms with van der Waals surface area (Å²) in [5.74, 6) is -0.210. The van der Waals surface area contributed by atoms with Crippen molar-refractivity contribution in [3.8, 4) is 10.6 Å². The van der Waals surface area contributed by atoms with Crippen LogP contribution in [0.2, 0.25) is 5.02 Å². The topological polar surface area (TPSA) is 53.5 Å². The Kier molecular flexibility index (Phi) is 4.87. The van der Waals surface area contributed by atoms with Gasteiger partial charge in [-0.2, -0.15) is 0 Å². The molecule has 1 aromatic heterocycles. The van der Waals surface area contributed by atoms with E-state index in [-0.39, 0.29) is 17.9 Å². The maximum absolute atomic E-state index is 12.8. The van der Waals surface area contributed by atoms with Crippen molar-refractivity contribution >= 4 is 34.8 Å². The number of thiazole rings is 1. The third-order valence-electron chi connectivity index (χ3n) is 4.05. The van der Waals surface area contributed by atoms with Crippen LogP contribution in [-0.4, -0.2) is 53.3 Å². The molecule has 3 rings (SSSR count). The first-order chi connectivity index (χ1) is 11.5. The molecular weight excluding hydrogens is 346 g/mol. The van der Waals surface area contributed by atoms with Crippen molar-refractivity contribution in [3.05, 3.63) is 40.4 Å². The summed E-state index contributed by atoms with van der Waals surface area (Å²) in [6.07, 6.45) is 1.54. The fourth-order valence-corrected chi connectivity index (χ4v) is 3.73. The van der Waals surface area contributed by atoms with Crippen molar-refractivity contribution in [2.45, 2.75) is 18.9 Å². The van der Waals surface area contributed by atoms with Gasteiger partial charge in [0, 0.05) is 36.6 Å². The third-order valence-corrected chi connectivity index (χ3v) is 5.20. The summed E-state index contributed by atoms with van der Waals surface area (Å²) in [6.45, 7) is 0.594. The second-order valence-corrected chi connectivity index (χ2v) is 7.23. The molecule has 0 spiro atoms. The van der Waals surface area contributed by atoms with Crippen LogP contribution in [0.3, 0.4) is 0 Å². The van der Waals surface area contributed by atoms with Crippen molar-refractivity contribution in [1.82, 2.24) is 14.8 Å². The summed E-state index contributed by atoms with van der Waals surface area (Å²) in [5, 5.41) is 3.18. The monoisotopic (exact) mass is 363 g/mol. The Labute approximate surface area is 149 Å². The number of carbonyl (C=O) groups is 2. The van der Waals surface area contributed by atoms with Crippen LogP contribution in [0.4, 0.5) is 0 Å². The molecule has 1 aromatic carbocycles. The molecule has 1 atom stereocenters. The maximum Gasteiger partial charge on any atom is 0.274 e. The number of hydrogen-bond donors (Lipinski definition) is 0. The molecule has 0 aliphatic carbocycles. The first kappa shape index (κ1) is 16.9. The van der Waals surface area contributed by atoms with Crippen LogP contribution < -0.4 is 0 Å². The molecule has 0 saturated carbocycles. The van der Waals surface area contributed by atoms with Crippen LogP contribution in [-0.2, 0) is 4.79 Å². The molecule has 7 heteroatoms. The fourth-order valence-electron chi connectivity index (χ4n) is 2.81. The van der Waals surface area contributed by atoms with E-state index in [9.17, 15) is 9.59 Å². The Morgan fingerprint density at radius 3 is 2.67 bits per heavy atom. The number of amides is 2. The van der Waals surface area contributed by atoms with Gasteiger partial charge in [0.2, 0.25) is 5.91 Å². The fraction of sp³-hybridized carbons (Fsp3) is 0.353. The number of halogens is 1. The lowest BCUT2D eigenvalue weighted by Crippen LogP contribution is -2.45. The molecule has 0 radical (unpaired) electrons. The first-order valence-corrected chi connectivity index (χ1v) is 8.96. The highest BCUT2D eigenvalue weighted by molar-refractivity contribution is 7.13. The Balaban J connectivity index is 1.80. The molecule has 1 aliphatic rings. The van der Waals surface area contributed by atoms with Crippen molar-refractivity contribution < 1.29 is 9.59 Å². The van der Waals surface area contributed by atoms with Gasteiger partial charge in [-0.1, -0.05) is 23.7 Å². The summed E-state index contributed by atoms with van der Waals surface area (Å²) in [7, 11) is 3.43. The second kappa shape index (κ2) is 6.91. The van der Waals surface area contributed by atoms with Gasteiger partial charge in [-0.15, -0.1) is 11.3 Å². The van der Waals surface area contributed by atoms with Crippen LogP contribution in [0.25, 0.3) is 10.6 Å². The summed E-state index contributed by atoms with van der Waals surface area (Å²) >= 11 is 7.31. The number of nitrogens with zero attached hydrogens (tertiary/aromatic N) is 3. The molecule has 24 heavy (non-hydrogen) atoms. The number of hydrogen-bond acceptors (Lipinski definition) is 4. The van der Waals surface area contributed by atoms with E-state index in [0.717, 1.165) is 17.0 Å². The van der Waals surface area contributed by atoms with Crippen LogP contribution in [0, 0.1) is 0 Å². The van der Waals surface area contributed by atoms with Gasteiger partial charge in [-0.3, -0.25) is 9.59 Å². The average molecular weight is 364 g/mol. The predicted octanol–water partition coefficient (Wildman–Crippen LogP) is 3.16. The molecule has 2 aromatic rings. The number of likely N-dealkylation sites (tertiary alicyclic amines) is 1. The third kappa shape index (κ3) is 3.30. The van der Waals surface area contributed by atoms with Gasteiger partial charge in [0.15, 0.2) is 0 Å². The summed E-state index contributed by atoms with van der Waals surface area (Å²) in [6, 6.07) is 6.97. The van der Waals surface area contributed by atoms with Crippen LogP contribution in [0.15, 0.2) is 29.6 Å². The number of rotatable bonds is 3. The Morgan fingerprint density at radius 1 is 1.29 bits per heavy atom. The summed E-state index contributed by atoms with van der Waals surface area (Å²) in [4.78, 5) is 32.6. The zero-order valence-electron chi connectivity index (χ0n) is 13.5. The Morgan fingerprint density at radius 2 is 2.00 bits per heavy atom. The van der Waals surface area contributed by atoms with Crippen molar-refractivity contribution in [1.29, 1.82) is 0 Å². The van der Waals surface area contributed by atoms with Gasteiger partial charge in [-0.25, -0.2) is 4.98 Å². The molecule has 126 valence electrons. The zero-order valence-corrected chi connectivity index (χ0v) is 15.1. The molecule has 1 unspecified atom stereocenters. The standard InChI is InChI=1S/C17H18ClN3O2S/c1-20(2)17(23)14-4-3-9-21(14)16(22)13-10-24-15(19-13)11-5-7-12(18)8-6-11/h5-8,10,14H,3-4,9H2,1-2H3. The molecule has 1 saturated heterocycles. The van der Waals surface area contributed by atoms with Gasteiger partial charge in [0.1, 0.15) is 16.7 Å². The van der Waals surface area contributed by atoms with Gasteiger partial charge >= 0.3 is 0 Å². The second-order valence-electron chi connectivity index (χ2n) is 5.93. The van der Waals surface area contributed by atoms with E-state index < -0.39 is 0 Å². The maximum atomic E-state index is 12.8. The van der Waals surface area contributed by atoms with Crippen molar-refractivity contribution in [2.24, 2.45) is 0 Å². The van der Waals surface area contributed by atoms with Gasteiger partial charge < -0.3 is 9.80 Å². The molecule has 2 heterocycles. The minimum absolute atomic E-state index is 0.0333. The Bertz CT molecular complexity index is 757. The molecule has 5 nitrogen and oxygen atoms in total. The summed E-state index contributed by atoms with van der Waals surface area (Å²) in [5.41, 5.74) is 1.31. The molecule has 2 amide bonds. The molecule has 1 fully saturated rings. The zero-order chi connectivity index (χ0) is 17.3. The van der Waals surface area contributed by atoms with Crippen LogP contribution in [0.5, 0.6) is 0 Å². The van der Waals surface area contributed by atoms with E-state index >= 15 is 0 Å². The predicted molar refractivity (Wildman–Crippen MR) is 95.3 cm³/mol. The SMILES string of the molecule is CN(C)C(=O)C1CCCN1C(=O)c1csc(-c2ccc(Cl)cc2)n1. The Hall–Kier alpha value is -1.92. The van der Waals surface area contributed by atoms with E-state index in [1.165, 1.54) is 16.2 Å². The van der Waals surface area contributed by atoms with E-state index in [0.29, 0.717) is 23.7 Å². The van der Waals surface area contributed by atoms with E-state index in [2.05, 4.69) is 4.98 Å². The van der Waals surface area contributed by atoms with E-state index in [1.54, 1.807) is 36.5 Å².